The van der Waals surface area contributed by atoms with Crippen molar-refractivity contribution in [3.8, 4) is 0 Å². The Morgan fingerprint density at radius 3 is 2.60 bits per heavy atom. The Bertz CT molecular complexity index is 357. The number of benzene rings is 1. The molecule has 3 nitrogen and oxygen atoms in total. The van der Waals surface area contributed by atoms with E-state index in [9.17, 15) is 9.18 Å². The zero-order chi connectivity index (χ0) is 10.7. The molecule has 2 N–H and O–H groups in total. The van der Waals surface area contributed by atoms with E-state index >= 15 is 0 Å². The molecule has 0 aliphatic carbocycles. The van der Waals surface area contributed by atoms with Crippen molar-refractivity contribution >= 4 is 18.4 Å². The van der Waals surface area contributed by atoms with Crippen molar-refractivity contribution in [1.29, 1.82) is 0 Å². The summed E-state index contributed by atoms with van der Waals surface area (Å²) in [6.45, 7) is 1.76. The van der Waals surface area contributed by atoms with Crippen molar-refractivity contribution in [3.63, 3.8) is 0 Å². The van der Waals surface area contributed by atoms with Crippen LogP contribution in [-0.4, -0.2) is 13.1 Å². The summed E-state index contributed by atoms with van der Waals surface area (Å²) >= 11 is 0. The minimum absolute atomic E-state index is 0. The van der Waals surface area contributed by atoms with Crippen LogP contribution < -0.4 is 5.73 Å². The summed E-state index contributed by atoms with van der Waals surface area (Å²) in [4.78, 5) is 11.0. The third kappa shape index (κ3) is 3.18. The lowest BCUT2D eigenvalue weighted by Crippen LogP contribution is -2.23. The number of rotatable bonds is 2. The lowest BCUT2D eigenvalue weighted by molar-refractivity contribution is -0.142. The summed E-state index contributed by atoms with van der Waals surface area (Å²) in [5.41, 5.74) is 6.42. The van der Waals surface area contributed by atoms with Crippen molar-refractivity contribution in [2.45, 2.75) is 13.0 Å². The van der Waals surface area contributed by atoms with E-state index in [0.29, 0.717) is 0 Å². The second-order valence-electron chi connectivity index (χ2n) is 3.03. The van der Waals surface area contributed by atoms with E-state index in [1.807, 2.05) is 0 Å². The molecule has 0 spiro atoms. The second-order valence-corrected chi connectivity index (χ2v) is 3.03. The number of esters is 1. The summed E-state index contributed by atoms with van der Waals surface area (Å²) in [6.07, 6.45) is 0. The number of carbonyl (C=O) groups excluding carboxylic acids is 1. The van der Waals surface area contributed by atoms with Gasteiger partial charge in [0.15, 0.2) is 0 Å². The summed E-state index contributed by atoms with van der Waals surface area (Å²) in [5.74, 6) is -1.13. The third-order valence-corrected chi connectivity index (χ3v) is 1.95. The fourth-order valence-corrected chi connectivity index (χ4v) is 1.14. The molecule has 1 unspecified atom stereocenters. The quantitative estimate of drug-likeness (QED) is 0.792. The number of aryl methyl sites for hydroxylation is 1. The van der Waals surface area contributed by atoms with Gasteiger partial charge in [0, 0.05) is 5.56 Å². The maximum atomic E-state index is 13.3. The molecule has 84 valence electrons. The summed E-state index contributed by atoms with van der Waals surface area (Å²) in [6, 6.07) is 3.46. The molecule has 0 saturated heterocycles. The van der Waals surface area contributed by atoms with E-state index in [0.717, 1.165) is 5.56 Å². The molecule has 0 aliphatic heterocycles. The molecule has 0 aromatic heterocycles. The summed E-state index contributed by atoms with van der Waals surface area (Å²) in [5, 5.41) is 0. The molecule has 15 heavy (non-hydrogen) atoms. The van der Waals surface area contributed by atoms with E-state index in [2.05, 4.69) is 4.74 Å². The second kappa shape index (κ2) is 5.68. The van der Waals surface area contributed by atoms with Gasteiger partial charge in [0.1, 0.15) is 11.9 Å². The summed E-state index contributed by atoms with van der Waals surface area (Å²) < 4.78 is 17.7. The highest BCUT2D eigenvalue weighted by Crippen LogP contribution is 2.17. The number of methoxy groups -OCH3 is 1. The van der Waals surface area contributed by atoms with E-state index in [1.54, 1.807) is 13.0 Å². The Balaban J connectivity index is 0.00000196. The molecule has 0 radical (unpaired) electrons. The molecule has 0 heterocycles. The van der Waals surface area contributed by atoms with Crippen LogP contribution in [0.1, 0.15) is 17.2 Å². The minimum Gasteiger partial charge on any atom is -0.468 e. The number of ether oxygens (including phenoxy) is 1. The first-order valence-corrected chi connectivity index (χ1v) is 4.15. The fraction of sp³-hybridized carbons (Fsp3) is 0.300. The maximum Gasteiger partial charge on any atom is 0.327 e. The molecule has 0 saturated carbocycles. The molecule has 1 aromatic rings. The van der Waals surface area contributed by atoms with Crippen molar-refractivity contribution in [3.05, 3.63) is 35.1 Å². The average molecular weight is 234 g/mol. The third-order valence-electron chi connectivity index (χ3n) is 1.95. The highest BCUT2D eigenvalue weighted by Gasteiger charge is 2.19. The van der Waals surface area contributed by atoms with Gasteiger partial charge < -0.3 is 10.5 Å². The molecule has 5 heteroatoms. The van der Waals surface area contributed by atoms with Gasteiger partial charge in [-0.15, -0.1) is 12.4 Å². The smallest absolute Gasteiger partial charge is 0.327 e. The van der Waals surface area contributed by atoms with Crippen LogP contribution in [-0.2, 0) is 9.53 Å². The predicted molar refractivity (Wildman–Crippen MR) is 57.3 cm³/mol. The van der Waals surface area contributed by atoms with Gasteiger partial charge in [0.25, 0.3) is 0 Å². The highest BCUT2D eigenvalue weighted by molar-refractivity contribution is 5.85. The molecule has 1 atom stereocenters. The molecule has 1 aromatic carbocycles. The predicted octanol–water partition coefficient (Wildman–Crippen LogP) is 1.73. The Kier molecular flexibility index (Phi) is 5.25. The van der Waals surface area contributed by atoms with Crippen molar-refractivity contribution in [2.24, 2.45) is 5.73 Å². The van der Waals surface area contributed by atoms with E-state index in [-0.39, 0.29) is 18.0 Å². The van der Waals surface area contributed by atoms with Crippen molar-refractivity contribution in [2.75, 3.05) is 7.11 Å². The number of hydrogen-bond donors (Lipinski definition) is 1. The van der Waals surface area contributed by atoms with Gasteiger partial charge in [-0.1, -0.05) is 12.1 Å². The zero-order valence-corrected chi connectivity index (χ0v) is 9.31. The molecule has 0 aliphatic rings. The minimum atomic E-state index is -1.06. The average Bonchev–Trinajstić information content (AvgIpc) is 2.15. The topological polar surface area (TPSA) is 52.3 Å². The van der Waals surface area contributed by atoms with Crippen LogP contribution in [0.25, 0.3) is 0 Å². The fourth-order valence-electron chi connectivity index (χ4n) is 1.14. The van der Waals surface area contributed by atoms with Crippen LogP contribution in [0, 0.1) is 12.7 Å². The van der Waals surface area contributed by atoms with Gasteiger partial charge in [0.2, 0.25) is 0 Å². The molecule has 0 bridgehead atoms. The first kappa shape index (κ1) is 13.9. The number of nitrogens with two attached hydrogens (primary N) is 1. The SMILES string of the molecule is COC(=O)C(N)c1ccc(C)cc1F.Cl. The first-order chi connectivity index (χ1) is 6.56. The van der Waals surface area contributed by atoms with Gasteiger partial charge in [-0.25, -0.2) is 4.39 Å². The molecular weight excluding hydrogens is 221 g/mol. The molecule has 0 amide bonds. The highest BCUT2D eigenvalue weighted by atomic mass is 35.5. The largest absolute Gasteiger partial charge is 0.468 e. The van der Waals surface area contributed by atoms with Crippen molar-refractivity contribution < 1.29 is 13.9 Å². The monoisotopic (exact) mass is 233 g/mol. The van der Waals surface area contributed by atoms with Gasteiger partial charge in [-0.05, 0) is 18.6 Å². The van der Waals surface area contributed by atoms with Crippen LogP contribution >= 0.6 is 12.4 Å². The van der Waals surface area contributed by atoms with Crippen LogP contribution in [0.5, 0.6) is 0 Å². The normalized spacial score (nSPS) is 11.5. The Morgan fingerprint density at radius 1 is 1.53 bits per heavy atom. The van der Waals surface area contributed by atoms with Gasteiger partial charge in [-0.3, -0.25) is 4.79 Å². The van der Waals surface area contributed by atoms with Crippen LogP contribution in [0.3, 0.4) is 0 Å². The molecule has 1 rings (SSSR count). The van der Waals surface area contributed by atoms with E-state index in [1.165, 1.54) is 19.2 Å². The Morgan fingerprint density at radius 2 is 2.13 bits per heavy atom. The van der Waals surface area contributed by atoms with Gasteiger partial charge in [-0.2, -0.15) is 0 Å². The van der Waals surface area contributed by atoms with E-state index < -0.39 is 17.8 Å². The van der Waals surface area contributed by atoms with Crippen LogP contribution in [0.2, 0.25) is 0 Å². The van der Waals surface area contributed by atoms with Gasteiger partial charge in [0.05, 0.1) is 7.11 Å². The lowest BCUT2D eigenvalue weighted by Gasteiger charge is -2.10. The Hall–Kier alpha value is -1.13. The first-order valence-electron chi connectivity index (χ1n) is 4.15. The molecule has 0 fully saturated rings. The number of halogens is 2. The zero-order valence-electron chi connectivity index (χ0n) is 8.49. The Labute approximate surface area is 93.8 Å². The van der Waals surface area contributed by atoms with Crippen molar-refractivity contribution in [1.82, 2.24) is 0 Å². The lowest BCUT2D eigenvalue weighted by atomic mass is 10.1. The number of hydrogen-bond acceptors (Lipinski definition) is 3. The summed E-state index contributed by atoms with van der Waals surface area (Å²) in [7, 11) is 1.22. The molecular formula is C10H13ClFNO2. The van der Waals surface area contributed by atoms with Crippen LogP contribution in [0.4, 0.5) is 4.39 Å². The standard InChI is InChI=1S/C10H12FNO2.ClH/c1-6-3-4-7(8(11)5-6)9(12)10(13)14-2;/h3-5,9H,12H2,1-2H3;1H. The maximum absolute atomic E-state index is 13.3. The number of carbonyl (C=O) groups is 1. The van der Waals surface area contributed by atoms with E-state index in [4.69, 9.17) is 5.73 Å². The van der Waals surface area contributed by atoms with Gasteiger partial charge >= 0.3 is 5.97 Å². The van der Waals surface area contributed by atoms with Crippen LogP contribution in [0.15, 0.2) is 18.2 Å².